The van der Waals surface area contributed by atoms with Crippen LogP contribution in [-0.2, 0) is 0 Å². The molecule has 0 bridgehead atoms. The number of rotatable bonds is 7. The molecule has 0 aliphatic carbocycles. The first-order valence-corrected chi connectivity index (χ1v) is 7.73. The highest BCUT2D eigenvalue weighted by Gasteiger charge is 2.10. The van der Waals surface area contributed by atoms with Gasteiger partial charge in [0.2, 0.25) is 0 Å². The Morgan fingerprint density at radius 2 is 1.83 bits per heavy atom. The number of H-pyrrole nitrogens is 1. The average molecular weight is 312 g/mol. The third-order valence-electron chi connectivity index (χ3n) is 3.21. The molecule has 0 radical (unpaired) electrons. The van der Waals surface area contributed by atoms with E-state index in [4.69, 9.17) is 14.7 Å². The van der Waals surface area contributed by atoms with E-state index < -0.39 is 5.56 Å². The van der Waals surface area contributed by atoms with Crippen LogP contribution in [0.15, 0.2) is 35.1 Å². The zero-order valence-corrected chi connectivity index (χ0v) is 13.4. The maximum absolute atomic E-state index is 11.8. The van der Waals surface area contributed by atoms with E-state index in [9.17, 15) is 4.79 Å². The largest absolute Gasteiger partial charge is 0.493 e. The molecule has 0 saturated heterocycles. The number of ether oxygens (including phenoxy) is 2. The highest BCUT2D eigenvalue weighted by molar-refractivity contribution is 5.68. The topological polar surface area (TPSA) is 75.1 Å². The van der Waals surface area contributed by atoms with Crippen LogP contribution in [0.5, 0.6) is 11.5 Å². The first-order chi connectivity index (χ1) is 11.2. The van der Waals surface area contributed by atoms with Gasteiger partial charge in [0, 0.05) is 11.6 Å². The standard InChI is InChI=1S/C18H20N2O3/c1-3-9-22-14-6-7-15(17(11-14)23-10-4-2)16-8-5-13(12-19)18(21)20-16/h5-8,11H,3-4,9-10H2,1-2H3,(H,20,21). The summed E-state index contributed by atoms with van der Waals surface area (Å²) in [4.78, 5) is 14.6. The van der Waals surface area contributed by atoms with Crippen LogP contribution in [0, 0.1) is 11.3 Å². The fraction of sp³-hybridized carbons (Fsp3) is 0.333. The van der Waals surface area contributed by atoms with Crippen molar-refractivity contribution < 1.29 is 9.47 Å². The summed E-state index contributed by atoms with van der Waals surface area (Å²) < 4.78 is 11.4. The minimum Gasteiger partial charge on any atom is -0.493 e. The van der Waals surface area contributed by atoms with Crippen molar-refractivity contribution in [3.8, 4) is 28.8 Å². The number of benzene rings is 1. The molecule has 0 aliphatic rings. The summed E-state index contributed by atoms with van der Waals surface area (Å²) in [6, 6.07) is 10.6. The van der Waals surface area contributed by atoms with Gasteiger partial charge < -0.3 is 14.5 Å². The van der Waals surface area contributed by atoms with Crippen LogP contribution in [0.4, 0.5) is 0 Å². The number of nitriles is 1. The smallest absolute Gasteiger partial charge is 0.266 e. The molecule has 5 heteroatoms. The second-order valence-corrected chi connectivity index (χ2v) is 5.08. The maximum Gasteiger partial charge on any atom is 0.266 e. The first-order valence-electron chi connectivity index (χ1n) is 7.73. The lowest BCUT2D eigenvalue weighted by Crippen LogP contribution is -2.10. The lowest BCUT2D eigenvalue weighted by atomic mass is 10.1. The highest BCUT2D eigenvalue weighted by Crippen LogP contribution is 2.32. The minimum absolute atomic E-state index is 0.0904. The van der Waals surface area contributed by atoms with Gasteiger partial charge in [-0.1, -0.05) is 13.8 Å². The molecule has 120 valence electrons. The Balaban J connectivity index is 2.41. The van der Waals surface area contributed by atoms with Crippen molar-refractivity contribution >= 4 is 0 Å². The minimum atomic E-state index is -0.405. The van der Waals surface area contributed by atoms with Gasteiger partial charge in [-0.2, -0.15) is 5.26 Å². The summed E-state index contributed by atoms with van der Waals surface area (Å²) in [5.41, 5.74) is 1.07. The second kappa shape index (κ2) is 8.04. The molecule has 2 aromatic rings. The summed E-state index contributed by atoms with van der Waals surface area (Å²) in [5.74, 6) is 1.39. The van der Waals surface area contributed by atoms with E-state index in [0.717, 1.165) is 24.2 Å². The van der Waals surface area contributed by atoms with Gasteiger partial charge in [0.05, 0.1) is 18.9 Å². The molecule has 23 heavy (non-hydrogen) atoms. The van der Waals surface area contributed by atoms with Gasteiger partial charge in [-0.25, -0.2) is 0 Å². The number of pyridine rings is 1. The van der Waals surface area contributed by atoms with Crippen LogP contribution in [-0.4, -0.2) is 18.2 Å². The zero-order chi connectivity index (χ0) is 16.7. The van der Waals surface area contributed by atoms with E-state index in [-0.39, 0.29) is 5.56 Å². The fourth-order valence-corrected chi connectivity index (χ4v) is 2.09. The van der Waals surface area contributed by atoms with Crippen molar-refractivity contribution in [2.24, 2.45) is 0 Å². The van der Waals surface area contributed by atoms with Crippen molar-refractivity contribution in [1.82, 2.24) is 4.98 Å². The van der Waals surface area contributed by atoms with Crippen LogP contribution in [0.25, 0.3) is 11.3 Å². The Hall–Kier alpha value is -2.74. The van der Waals surface area contributed by atoms with Gasteiger partial charge in [-0.3, -0.25) is 4.79 Å². The van der Waals surface area contributed by atoms with Crippen LogP contribution >= 0.6 is 0 Å². The number of nitrogens with one attached hydrogen (secondary N) is 1. The molecule has 0 unspecified atom stereocenters. The predicted molar refractivity (Wildman–Crippen MR) is 88.8 cm³/mol. The molecule has 0 aliphatic heterocycles. The number of aromatic nitrogens is 1. The quantitative estimate of drug-likeness (QED) is 0.849. The van der Waals surface area contributed by atoms with E-state index in [2.05, 4.69) is 4.98 Å². The van der Waals surface area contributed by atoms with E-state index in [1.165, 1.54) is 6.07 Å². The summed E-state index contributed by atoms with van der Waals surface area (Å²) >= 11 is 0. The van der Waals surface area contributed by atoms with Crippen LogP contribution in [0.2, 0.25) is 0 Å². The van der Waals surface area contributed by atoms with Crippen molar-refractivity contribution in [3.63, 3.8) is 0 Å². The SMILES string of the molecule is CCCOc1ccc(-c2ccc(C#N)c(=O)[nH]2)c(OCCC)c1. The molecule has 5 nitrogen and oxygen atoms in total. The van der Waals surface area contributed by atoms with Crippen LogP contribution in [0.1, 0.15) is 32.3 Å². The Morgan fingerprint density at radius 1 is 1.09 bits per heavy atom. The third kappa shape index (κ3) is 4.13. The molecule has 1 aromatic heterocycles. The second-order valence-electron chi connectivity index (χ2n) is 5.08. The maximum atomic E-state index is 11.8. The molecule has 1 N–H and O–H groups in total. The molecule has 1 aromatic carbocycles. The molecular formula is C18H20N2O3. The summed E-state index contributed by atoms with van der Waals surface area (Å²) in [6.07, 6.45) is 1.80. The third-order valence-corrected chi connectivity index (χ3v) is 3.21. The summed E-state index contributed by atoms with van der Waals surface area (Å²) in [6.45, 7) is 5.29. The van der Waals surface area contributed by atoms with Gasteiger partial charge in [0.1, 0.15) is 23.1 Å². The summed E-state index contributed by atoms with van der Waals surface area (Å²) in [7, 11) is 0. The Kier molecular flexibility index (Phi) is 5.81. The molecule has 0 saturated carbocycles. The zero-order valence-electron chi connectivity index (χ0n) is 13.4. The molecule has 0 spiro atoms. The molecule has 2 rings (SSSR count). The number of nitrogens with zero attached hydrogens (tertiary/aromatic N) is 1. The predicted octanol–water partition coefficient (Wildman–Crippen LogP) is 3.49. The van der Waals surface area contributed by atoms with Crippen molar-refractivity contribution in [2.45, 2.75) is 26.7 Å². The van der Waals surface area contributed by atoms with E-state index in [1.54, 1.807) is 6.07 Å². The van der Waals surface area contributed by atoms with E-state index in [0.29, 0.717) is 24.7 Å². The molecule has 0 atom stereocenters. The van der Waals surface area contributed by atoms with Crippen molar-refractivity contribution in [3.05, 3.63) is 46.2 Å². The van der Waals surface area contributed by atoms with Crippen LogP contribution in [0.3, 0.4) is 0 Å². The molecule has 0 amide bonds. The van der Waals surface area contributed by atoms with Crippen molar-refractivity contribution in [1.29, 1.82) is 5.26 Å². The lowest BCUT2D eigenvalue weighted by molar-refractivity contribution is 0.302. The Morgan fingerprint density at radius 3 is 2.48 bits per heavy atom. The van der Waals surface area contributed by atoms with E-state index >= 15 is 0 Å². The van der Waals surface area contributed by atoms with Gasteiger partial charge in [0.25, 0.3) is 5.56 Å². The average Bonchev–Trinajstić information content (AvgIpc) is 2.58. The Bertz CT molecular complexity index is 760. The number of aromatic amines is 1. The van der Waals surface area contributed by atoms with Gasteiger partial charge >= 0.3 is 0 Å². The van der Waals surface area contributed by atoms with Crippen LogP contribution < -0.4 is 15.0 Å². The molecule has 0 fully saturated rings. The highest BCUT2D eigenvalue weighted by atomic mass is 16.5. The molecule has 1 heterocycles. The Labute approximate surface area is 135 Å². The fourth-order valence-electron chi connectivity index (χ4n) is 2.09. The van der Waals surface area contributed by atoms with E-state index in [1.807, 2.05) is 38.1 Å². The number of hydrogen-bond acceptors (Lipinski definition) is 4. The monoisotopic (exact) mass is 312 g/mol. The lowest BCUT2D eigenvalue weighted by Gasteiger charge is -2.13. The normalized spacial score (nSPS) is 10.1. The molecular weight excluding hydrogens is 292 g/mol. The summed E-state index contributed by atoms with van der Waals surface area (Å²) in [5, 5.41) is 8.86. The van der Waals surface area contributed by atoms with Gasteiger partial charge in [-0.15, -0.1) is 0 Å². The van der Waals surface area contributed by atoms with Gasteiger partial charge in [-0.05, 0) is 37.1 Å². The van der Waals surface area contributed by atoms with Crippen molar-refractivity contribution in [2.75, 3.05) is 13.2 Å². The number of hydrogen-bond donors (Lipinski definition) is 1. The van der Waals surface area contributed by atoms with Gasteiger partial charge in [0.15, 0.2) is 0 Å². The first kappa shape index (κ1) is 16.6.